The number of fused-ring (bicyclic) bond motifs is 3. The number of nitrogens with zero attached hydrogens (tertiary/aromatic N) is 5. The normalized spacial score (nSPS) is 17.4. The highest BCUT2D eigenvalue weighted by molar-refractivity contribution is 7.90. The van der Waals surface area contributed by atoms with Gasteiger partial charge in [-0.2, -0.15) is 0 Å². The smallest absolute Gasteiger partial charge is 0.226 e. The SMILES string of the molecule is Cc1nc(N2CCn3c(nc4ccc(S(C)(=O)=O)cc43)C2C(C)C)ncc1C(C)(C)O. The lowest BCUT2D eigenvalue weighted by molar-refractivity contribution is 0.0770. The Morgan fingerprint density at radius 2 is 1.90 bits per heavy atom. The maximum Gasteiger partial charge on any atom is 0.226 e. The Bertz CT molecular complexity index is 1260. The quantitative estimate of drug-likeness (QED) is 0.661. The van der Waals surface area contributed by atoms with Crippen molar-refractivity contribution >= 4 is 26.8 Å². The number of hydrogen-bond donors (Lipinski definition) is 1. The van der Waals surface area contributed by atoms with Crippen LogP contribution in [0.4, 0.5) is 5.95 Å². The summed E-state index contributed by atoms with van der Waals surface area (Å²) in [6, 6.07) is 5.04. The van der Waals surface area contributed by atoms with Crippen molar-refractivity contribution in [2.75, 3.05) is 17.7 Å². The molecule has 0 amide bonds. The third kappa shape index (κ3) is 3.80. The van der Waals surface area contributed by atoms with Crippen molar-refractivity contribution in [2.45, 2.75) is 57.7 Å². The van der Waals surface area contributed by atoms with Gasteiger partial charge in [0, 0.05) is 36.8 Å². The molecule has 1 atom stereocenters. The van der Waals surface area contributed by atoms with Gasteiger partial charge in [-0.15, -0.1) is 0 Å². The van der Waals surface area contributed by atoms with E-state index < -0.39 is 15.4 Å². The van der Waals surface area contributed by atoms with Crippen LogP contribution in [0.25, 0.3) is 11.0 Å². The first kappa shape index (κ1) is 21.7. The Kier molecular flexibility index (Phi) is 5.09. The van der Waals surface area contributed by atoms with Gasteiger partial charge in [0.05, 0.1) is 27.6 Å². The van der Waals surface area contributed by atoms with E-state index in [0.717, 1.165) is 22.6 Å². The van der Waals surface area contributed by atoms with E-state index in [1.165, 1.54) is 6.26 Å². The second kappa shape index (κ2) is 7.27. The molecular weight excluding hydrogens is 414 g/mol. The molecule has 166 valence electrons. The molecule has 4 rings (SSSR count). The molecule has 2 aromatic heterocycles. The molecule has 0 spiro atoms. The summed E-state index contributed by atoms with van der Waals surface area (Å²) in [4.78, 5) is 16.6. The summed E-state index contributed by atoms with van der Waals surface area (Å²) in [7, 11) is -3.30. The number of anilines is 1. The first-order valence-corrected chi connectivity index (χ1v) is 12.3. The minimum absolute atomic E-state index is 0.0600. The highest BCUT2D eigenvalue weighted by atomic mass is 32.2. The van der Waals surface area contributed by atoms with Gasteiger partial charge in [-0.05, 0) is 44.9 Å². The largest absolute Gasteiger partial charge is 0.386 e. The van der Waals surface area contributed by atoms with Crippen LogP contribution in [-0.4, -0.2) is 45.8 Å². The maximum absolute atomic E-state index is 12.0. The molecule has 1 aromatic carbocycles. The molecule has 0 saturated heterocycles. The van der Waals surface area contributed by atoms with Crippen molar-refractivity contribution in [3.63, 3.8) is 0 Å². The van der Waals surface area contributed by atoms with Crippen molar-refractivity contribution in [3.8, 4) is 0 Å². The van der Waals surface area contributed by atoms with Gasteiger partial charge >= 0.3 is 0 Å². The fourth-order valence-electron chi connectivity index (χ4n) is 4.38. The number of aromatic nitrogens is 4. The Hall–Kier alpha value is -2.52. The number of benzene rings is 1. The molecule has 31 heavy (non-hydrogen) atoms. The van der Waals surface area contributed by atoms with Crippen LogP contribution < -0.4 is 4.90 Å². The molecule has 1 unspecified atom stereocenters. The second-order valence-electron chi connectivity index (χ2n) is 9.15. The highest BCUT2D eigenvalue weighted by Crippen LogP contribution is 2.37. The maximum atomic E-state index is 12.0. The standard InChI is InChI=1S/C22H29N5O3S/c1-13(2)19-20-25-17-8-7-15(31(6,29)30)11-18(17)26(20)9-10-27(19)21-23-12-16(14(3)24-21)22(4,5)28/h7-8,11-13,19,28H,9-10H2,1-6H3. The van der Waals surface area contributed by atoms with Crippen molar-refractivity contribution < 1.29 is 13.5 Å². The van der Waals surface area contributed by atoms with Gasteiger partial charge in [-0.25, -0.2) is 23.4 Å². The van der Waals surface area contributed by atoms with Gasteiger partial charge in [0.15, 0.2) is 9.84 Å². The molecule has 3 heterocycles. The molecule has 1 N–H and O–H groups in total. The molecule has 8 nitrogen and oxygen atoms in total. The molecule has 0 saturated carbocycles. The van der Waals surface area contributed by atoms with Crippen molar-refractivity contribution in [1.82, 2.24) is 19.5 Å². The first-order chi connectivity index (χ1) is 14.4. The van der Waals surface area contributed by atoms with Crippen LogP contribution in [0.3, 0.4) is 0 Å². The van der Waals surface area contributed by atoms with E-state index in [2.05, 4.69) is 28.3 Å². The molecular formula is C22H29N5O3S. The van der Waals surface area contributed by atoms with Crippen molar-refractivity contribution in [1.29, 1.82) is 0 Å². The monoisotopic (exact) mass is 443 g/mol. The average molecular weight is 444 g/mol. The van der Waals surface area contributed by atoms with Crippen LogP contribution in [0.15, 0.2) is 29.3 Å². The zero-order chi connectivity index (χ0) is 22.7. The molecule has 1 aliphatic heterocycles. The van der Waals surface area contributed by atoms with Crippen molar-refractivity contribution in [2.24, 2.45) is 5.92 Å². The van der Waals surface area contributed by atoms with Crippen molar-refractivity contribution in [3.05, 3.63) is 41.5 Å². The molecule has 3 aromatic rings. The van der Waals surface area contributed by atoms with E-state index in [9.17, 15) is 13.5 Å². The Morgan fingerprint density at radius 3 is 2.48 bits per heavy atom. The van der Waals surface area contributed by atoms with Crippen LogP contribution in [0.5, 0.6) is 0 Å². The zero-order valence-corrected chi connectivity index (χ0v) is 19.6. The van der Waals surface area contributed by atoms with E-state index in [-0.39, 0.29) is 12.0 Å². The zero-order valence-electron chi connectivity index (χ0n) is 18.8. The molecule has 1 aliphatic rings. The fourth-order valence-corrected chi connectivity index (χ4v) is 5.02. The summed E-state index contributed by atoms with van der Waals surface area (Å²) in [5.41, 5.74) is 2.06. The van der Waals surface area contributed by atoms with E-state index in [4.69, 9.17) is 9.97 Å². The summed E-state index contributed by atoms with van der Waals surface area (Å²) in [5, 5.41) is 10.4. The van der Waals surface area contributed by atoms with E-state index >= 15 is 0 Å². The van der Waals surface area contributed by atoms with E-state index in [0.29, 0.717) is 29.5 Å². The minimum atomic E-state index is -3.30. The molecule has 0 aliphatic carbocycles. The van der Waals surface area contributed by atoms with Gasteiger partial charge in [0.1, 0.15) is 5.82 Å². The van der Waals surface area contributed by atoms with Crippen LogP contribution in [0.2, 0.25) is 0 Å². The summed E-state index contributed by atoms with van der Waals surface area (Å²) in [6.45, 7) is 10.9. The predicted octanol–water partition coefficient (Wildman–Crippen LogP) is 2.98. The van der Waals surface area contributed by atoms with Crippen LogP contribution in [0.1, 0.15) is 50.8 Å². The van der Waals surface area contributed by atoms with Crippen LogP contribution in [-0.2, 0) is 22.0 Å². The van der Waals surface area contributed by atoms with Crippen LogP contribution in [0, 0.1) is 12.8 Å². The summed E-state index contributed by atoms with van der Waals surface area (Å²) < 4.78 is 26.2. The number of rotatable bonds is 4. The van der Waals surface area contributed by atoms with E-state index in [1.807, 2.05) is 6.92 Å². The molecule has 0 bridgehead atoms. The Morgan fingerprint density at radius 1 is 1.19 bits per heavy atom. The lowest BCUT2D eigenvalue weighted by Gasteiger charge is -2.38. The van der Waals surface area contributed by atoms with Gasteiger partial charge in [0.25, 0.3) is 0 Å². The highest BCUT2D eigenvalue weighted by Gasteiger charge is 2.35. The van der Waals surface area contributed by atoms with Gasteiger partial charge in [-0.1, -0.05) is 13.8 Å². The minimum Gasteiger partial charge on any atom is -0.386 e. The summed E-state index contributed by atoms with van der Waals surface area (Å²) in [5.74, 6) is 1.72. The third-order valence-electron chi connectivity index (χ3n) is 5.86. The second-order valence-corrected chi connectivity index (χ2v) is 11.2. The van der Waals surface area contributed by atoms with Gasteiger partial charge in [0.2, 0.25) is 5.95 Å². The Balaban J connectivity index is 1.81. The molecule has 0 radical (unpaired) electrons. The lowest BCUT2D eigenvalue weighted by atomic mass is 9.98. The number of sulfone groups is 1. The summed E-state index contributed by atoms with van der Waals surface area (Å²) in [6.07, 6.45) is 2.92. The number of hydrogen-bond acceptors (Lipinski definition) is 7. The third-order valence-corrected chi connectivity index (χ3v) is 6.97. The predicted molar refractivity (Wildman–Crippen MR) is 120 cm³/mol. The molecule has 9 heteroatoms. The van der Waals surface area contributed by atoms with Crippen LogP contribution >= 0.6 is 0 Å². The average Bonchev–Trinajstić information content (AvgIpc) is 3.02. The van der Waals surface area contributed by atoms with Gasteiger partial charge in [-0.3, -0.25) is 0 Å². The number of imidazole rings is 1. The fraction of sp³-hybridized carbons (Fsp3) is 0.500. The first-order valence-electron chi connectivity index (χ1n) is 10.4. The molecule has 0 fully saturated rings. The summed E-state index contributed by atoms with van der Waals surface area (Å²) >= 11 is 0. The topological polar surface area (TPSA) is 101 Å². The van der Waals surface area contributed by atoms with E-state index in [1.54, 1.807) is 38.2 Å². The number of aliphatic hydroxyl groups is 1. The lowest BCUT2D eigenvalue weighted by Crippen LogP contribution is -2.42. The number of aryl methyl sites for hydroxylation is 1. The Labute approximate surface area is 182 Å². The van der Waals surface area contributed by atoms with Gasteiger partial charge < -0.3 is 14.6 Å².